The molecule has 2 aromatic carbocycles. The van der Waals surface area contributed by atoms with Gasteiger partial charge in [0.05, 0.1) is 27.0 Å². The monoisotopic (exact) mass is 368 g/mol. The van der Waals surface area contributed by atoms with E-state index in [2.05, 4.69) is 10.2 Å². The molecule has 3 aromatic rings. The molecule has 0 aliphatic rings. The lowest BCUT2D eigenvalue weighted by Crippen LogP contribution is -1.92. The first kappa shape index (κ1) is 18.1. The highest BCUT2D eigenvalue weighted by Crippen LogP contribution is 2.28. The van der Waals surface area contributed by atoms with E-state index in [-0.39, 0.29) is 0 Å². The molecular formula is C20H20N2O3S. The highest BCUT2D eigenvalue weighted by atomic mass is 32.2. The lowest BCUT2D eigenvalue weighted by atomic mass is 10.1. The Balaban J connectivity index is 1.67. The maximum absolute atomic E-state index is 5.30. The largest absolute Gasteiger partial charge is 0.497 e. The van der Waals surface area contributed by atoms with Crippen LogP contribution >= 0.6 is 11.8 Å². The van der Waals surface area contributed by atoms with E-state index in [1.54, 1.807) is 33.1 Å². The predicted octanol–water partition coefficient (Wildman–Crippen LogP) is 4.46. The van der Waals surface area contributed by atoms with Crippen molar-refractivity contribution in [2.75, 3.05) is 21.3 Å². The van der Waals surface area contributed by atoms with Crippen molar-refractivity contribution in [2.45, 2.75) is 10.8 Å². The van der Waals surface area contributed by atoms with Gasteiger partial charge in [-0.25, -0.2) is 0 Å². The molecule has 0 amide bonds. The molecule has 1 aromatic heterocycles. The molecule has 0 aliphatic heterocycles. The molecule has 134 valence electrons. The molecule has 1 heterocycles. The first-order chi connectivity index (χ1) is 12.7. The third kappa shape index (κ3) is 4.46. The maximum Gasteiger partial charge on any atom is 0.122 e. The number of hydrogen-bond acceptors (Lipinski definition) is 6. The van der Waals surface area contributed by atoms with Gasteiger partial charge in [0, 0.05) is 17.4 Å². The third-order valence-corrected chi connectivity index (χ3v) is 4.81. The van der Waals surface area contributed by atoms with Crippen LogP contribution in [0, 0.1) is 0 Å². The summed E-state index contributed by atoms with van der Waals surface area (Å²) in [6.45, 7) is 0. The Morgan fingerprint density at radius 2 is 1.38 bits per heavy atom. The molecule has 0 atom stereocenters. The van der Waals surface area contributed by atoms with Gasteiger partial charge in [0.25, 0.3) is 0 Å². The van der Waals surface area contributed by atoms with Gasteiger partial charge in [-0.15, -0.1) is 10.2 Å². The number of ether oxygens (including phenoxy) is 3. The molecule has 6 heteroatoms. The molecule has 0 radical (unpaired) electrons. The molecule has 3 rings (SSSR count). The topological polar surface area (TPSA) is 53.5 Å². The van der Waals surface area contributed by atoms with Gasteiger partial charge in [0.15, 0.2) is 0 Å². The van der Waals surface area contributed by atoms with Crippen LogP contribution in [-0.4, -0.2) is 31.5 Å². The van der Waals surface area contributed by atoms with Crippen LogP contribution in [0.25, 0.3) is 11.3 Å². The molecule has 0 spiro atoms. The lowest BCUT2D eigenvalue weighted by Gasteiger charge is -2.08. The molecule has 26 heavy (non-hydrogen) atoms. The summed E-state index contributed by atoms with van der Waals surface area (Å²) in [4.78, 5) is 0. The maximum atomic E-state index is 5.30. The minimum Gasteiger partial charge on any atom is -0.497 e. The van der Waals surface area contributed by atoms with Crippen molar-refractivity contribution in [3.8, 4) is 28.5 Å². The van der Waals surface area contributed by atoms with E-state index in [9.17, 15) is 0 Å². The van der Waals surface area contributed by atoms with Crippen molar-refractivity contribution in [1.82, 2.24) is 10.2 Å². The second kappa shape index (κ2) is 8.58. The number of benzene rings is 2. The zero-order valence-corrected chi connectivity index (χ0v) is 15.7. The van der Waals surface area contributed by atoms with Crippen LogP contribution in [0.15, 0.2) is 59.6 Å². The van der Waals surface area contributed by atoms with Gasteiger partial charge in [0.2, 0.25) is 0 Å². The van der Waals surface area contributed by atoms with Crippen molar-refractivity contribution >= 4 is 11.8 Å². The first-order valence-corrected chi connectivity index (χ1v) is 9.03. The van der Waals surface area contributed by atoms with Crippen molar-refractivity contribution in [3.63, 3.8) is 0 Å². The number of thioether (sulfide) groups is 1. The minimum absolute atomic E-state index is 0.754. The van der Waals surface area contributed by atoms with E-state index in [0.29, 0.717) is 0 Å². The van der Waals surface area contributed by atoms with E-state index in [4.69, 9.17) is 14.2 Å². The summed E-state index contributed by atoms with van der Waals surface area (Å²) < 4.78 is 15.8. The van der Waals surface area contributed by atoms with E-state index >= 15 is 0 Å². The van der Waals surface area contributed by atoms with Crippen molar-refractivity contribution in [2.24, 2.45) is 0 Å². The zero-order valence-electron chi connectivity index (χ0n) is 14.9. The van der Waals surface area contributed by atoms with Crippen LogP contribution < -0.4 is 14.2 Å². The summed E-state index contributed by atoms with van der Waals surface area (Å²) in [6.07, 6.45) is 0. The number of rotatable bonds is 7. The van der Waals surface area contributed by atoms with E-state index in [1.807, 2.05) is 54.6 Å². The molecule has 0 saturated carbocycles. The van der Waals surface area contributed by atoms with Crippen molar-refractivity contribution in [3.05, 3.63) is 60.2 Å². The molecule has 0 unspecified atom stereocenters. The second-order valence-corrected chi connectivity index (χ2v) is 6.49. The standard InChI is InChI=1S/C20H20N2O3S/c1-23-16-6-4-15(5-7-16)19-8-9-20(22-21-19)26-13-14-10-17(24-2)12-18(11-14)25-3/h4-12H,13H2,1-3H3. The molecule has 0 aliphatic carbocycles. The molecule has 0 saturated heterocycles. The normalized spacial score (nSPS) is 10.4. The van der Waals surface area contributed by atoms with Crippen LogP contribution in [0.3, 0.4) is 0 Å². The fourth-order valence-corrected chi connectivity index (χ4v) is 3.16. The quantitative estimate of drug-likeness (QED) is 0.574. The fourth-order valence-electron chi connectivity index (χ4n) is 2.42. The Labute approximate surface area is 157 Å². The second-order valence-electron chi connectivity index (χ2n) is 5.49. The average molecular weight is 368 g/mol. The summed E-state index contributed by atoms with van der Waals surface area (Å²) in [5, 5.41) is 9.51. The Bertz CT molecular complexity index is 830. The minimum atomic E-state index is 0.754. The number of nitrogens with zero attached hydrogens (tertiary/aromatic N) is 2. The summed E-state index contributed by atoms with van der Waals surface area (Å²) in [5.41, 5.74) is 2.94. The predicted molar refractivity (Wildman–Crippen MR) is 103 cm³/mol. The van der Waals surface area contributed by atoms with E-state index < -0.39 is 0 Å². The van der Waals surface area contributed by atoms with Gasteiger partial charge < -0.3 is 14.2 Å². The number of methoxy groups -OCH3 is 3. The molecule has 0 fully saturated rings. The zero-order chi connectivity index (χ0) is 18.4. The summed E-state index contributed by atoms with van der Waals surface area (Å²) in [6, 6.07) is 17.6. The molecular weight excluding hydrogens is 348 g/mol. The lowest BCUT2D eigenvalue weighted by molar-refractivity contribution is 0.393. The van der Waals surface area contributed by atoms with E-state index in [1.165, 1.54) is 0 Å². The van der Waals surface area contributed by atoms with Gasteiger partial charge in [-0.3, -0.25) is 0 Å². The summed E-state index contributed by atoms with van der Waals surface area (Å²) >= 11 is 1.62. The van der Waals surface area contributed by atoms with Gasteiger partial charge in [-0.1, -0.05) is 11.8 Å². The van der Waals surface area contributed by atoms with Gasteiger partial charge in [0.1, 0.15) is 22.3 Å². The van der Waals surface area contributed by atoms with Crippen LogP contribution in [0.2, 0.25) is 0 Å². The number of hydrogen-bond donors (Lipinski definition) is 0. The number of aromatic nitrogens is 2. The Kier molecular flexibility index (Phi) is 5.96. The van der Waals surface area contributed by atoms with Gasteiger partial charge in [-0.05, 0) is 54.1 Å². The highest BCUT2D eigenvalue weighted by Gasteiger charge is 2.05. The van der Waals surface area contributed by atoms with Crippen LogP contribution in [0.1, 0.15) is 5.56 Å². The van der Waals surface area contributed by atoms with Crippen molar-refractivity contribution in [1.29, 1.82) is 0 Å². The Morgan fingerprint density at radius 1 is 0.731 bits per heavy atom. The van der Waals surface area contributed by atoms with Crippen LogP contribution in [-0.2, 0) is 5.75 Å². The van der Waals surface area contributed by atoms with Gasteiger partial charge in [-0.2, -0.15) is 0 Å². The SMILES string of the molecule is COc1ccc(-c2ccc(SCc3cc(OC)cc(OC)c3)nn2)cc1. The van der Waals surface area contributed by atoms with Crippen LogP contribution in [0.5, 0.6) is 17.2 Å². The highest BCUT2D eigenvalue weighted by molar-refractivity contribution is 7.98. The summed E-state index contributed by atoms with van der Waals surface area (Å²) in [7, 11) is 4.95. The summed E-state index contributed by atoms with van der Waals surface area (Å²) in [5.74, 6) is 3.13. The molecule has 0 bridgehead atoms. The van der Waals surface area contributed by atoms with Crippen molar-refractivity contribution < 1.29 is 14.2 Å². The van der Waals surface area contributed by atoms with Crippen LogP contribution in [0.4, 0.5) is 0 Å². The molecule has 5 nitrogen and oxygen atoms in total. The fraction of sp³-hybridized carbons (Fsp3) is 0.200. The Hall–Kier alpha value is -2.73. The van der Waals surface area contributed by atoms with Gasteiger partial charge >= 0.3 is 0 Å². The smallest absolute Gasteiger partial charge is 0.122 e. The first-order valence-electron chi connectivity index (χ1n) is 8.04. The van der Waals surface area contributed by atoms with E-state index in [0.717, 1.165) is 44.8 Å². The Morgan fingerprint density at radius 3 is 1.92 bits per heavy atom. The average Bonchev–Trinajstić information content (AvgIpc) is 2.72. The molecule has 0 N–H and O–H groups in total. The third-order valence-electron chi connectivity index (χ3n) is 3.82.